The third kappa shape index (κ3) is 15.6. The average molecular weight is 461 g/mol. The van der Waals surface area contributed by atoms with Gasteiger partial charge in [-0.2, -0.15) is 0 Å². The van der Waals surface area contributed by atoms with E-state index in [0.29, 0.717) is 6.42 Å². The summed E-state index contributed by atoms with van der Waals surface area (Å²) >= 11 is 0. The molecule has 32 heavy (non-hydrogen) atoms. The largest absolute Gasteiger partial charge is 0.481 e. The van der Waals surface area contributed by atoms with Gasteiger partial charge in [-0.1, -0.05) is 57.8 Å². The van der Waals surface area contributed by atoms with Crippen LogP contribution in [0, 0.1) is 5.92 Å². The first-order valence-electron chi connectivity index (χ1n) is 12.0. The van der Waals surface area contributed by atoms with Crippen molar-refractivity contribution in [3.63, 3.8) is 0 Å². The highest BCUT2D eigenvalue weighted by atomic mass is 16.9. The molecule has 0 radical (unpaired) electrons. The van der Waals surface area contributed by atoms with Gasteiger partial charge in [0, 0.05) is 39.2 Å². The third-order valence-corrected chi connectivity index (χ3v) is 5.57. The minimum absolute atomic E-state index is 0.127. The first-order chi connectivity index (χ1) is 15.1. The van der Waals surface area contributed by atoms with Crippen molar-refractivity contribution in [1.29, 1.82) is 0 Å². The summed E-state index contributed by atoms with van der Waals surface area (Å²) in [5, 5.41) is 9.10. The smallest absolute Gasteiger partial charge is 0.304 e. The molecule has 0 saturated heterocycles. The number of hydrazine groups is 1. The van der Waals surface area contributed by atoms with Crippen LogP contribution in [-0.4, -0.2) is 49.8 Å². The molecule has 0 rings (SSSR count). The van der Waals surface area contributed by atoms with Gasteiger partial charge in [-0.3, -0.25) is 15.0 Å². The minimum atomic E-state index is -0.932. The molecule has 1 unspecified atom stereocenters. The van der Waals surface area contributed by atoms with Crippen molar-refractivity contribution in [2.45, 2.75) is 116 Å². The average Bonchev–Trinajstić information content (AvgIpc) is 2.74. The number of ether oxygens (including phenoxy) is 3. The van der Waals surface area contributed by atoms with Crippen LogP contribution in [0.5, 0.6) is 0 Å². The summed E-state index contributed by atoms with van der Waals surface area (Å²) in [6.45, 7) is 5.82. The molecule has 190 valence electrons. The summed E-state index contributed by atoms with van der Waals surface area (Å²) < 4.78 is 15.9. The van der Waals surface area contributed by atoms with Gasteiger partial charge in [-0.15, -0.1) is 0 Å². The Bertz CT molecular complexity index is 495. The predicted molar refractivity (Wildman–Crippen MR) is 126 cm³/mol. The van der Waals surface area contributed by atoms with Crippen molar-refractivity contribution in [2.24, 2.45) is 5.92 Å². The van der Waals surface area contributed by atoms with E-state index in [0.717, 1.165) is 38.5 Å². The lowest BCUT2D eigenvalue weighted by Crippen LogP contribution is -2.50. The Labute approximate surface area is 195 Å². The van der Waals surface area contributed by atoms with Crippen LogP contribution in [0.25, 0.3) is 0 Å². The molecule has 0 aromatic carbocycles. The molecule has 0 spiro atoms. The Morgan fingerprint density at radius 1 is 0.781 bits per heavy atom. The van der Waals surface area contributed by atoms with E-state index in [-0.39, 0.29) is 17.9 Å². The Morgan fingerprint density at radius 3 is 1.62 bits per heavy atom. The van der Waals surface area contributed by atoms with E-state index in [1.54, 1.807) is 21.3 Å². The highest BCUT2D eigenvalue weighted by molar-refractivity contribution is 5.82. The fourth-order valence-electron chi connectivity index (χ4n) is 3.59. The van der Waals surface area contributed by atoms with E-state index in [2.05, 4.69) is 10.9 Å². The zero-order chi connectivity index (χ0) is 24.5. The van der Waals surface area contributed by atoms with Crippen molar-refractivity contribution < 1.29 is 28.9 Å². The molecule has 0 aliphatic carbocycles. The maximum Gasteiger partial charge on any atom is 0.304 e. The van der Waals surface area contributed by atoms with Gasteiger partial charge in [0.25, 0.3) is 5.97 Å². The van der Waals surface area contributed by atoms with Crippen molar-refractivity contribution >= 4 is 11.9 Å². The van der Waals surface area contributed by atoms with Gasteiger partial charge < -0.3 is 19.3 Å². The maximum atomic E-state index is 12.3. The minimum Gasteiger partial charge on any atom is -0.481 e. The van der Waals surface area contributed by atoms with E-state index in [9.17, 15) is 9.59 Å². The van der Waals surface area contributed by atoms with Crippen LogP contribution in [0.15, 0.2) is 0 Å². The van der Waals surface area contributed by atoms with Crippen LogP contribution in [0.2, 0.25) is 0 Å². The summed E-state index contributed by atoms with van der Waals surface area (Å²) in [6, 6.07) is 0. The topological polar surface area (TPSA) is 106 Å². The first-order valence-corrected chi connectivity index (χ1v) is 12.0. The Balaban J connectivity index is 3.82. The van der Waals surface area contributed by atoms with Crippen molar-refractivity contribution in [2.75, 3.05) is 21.3 Å². The van der Waals surface area contributed by atoms with Gasteiger partial charge in [0.2, 0.25) is 5.91 Å². The number of carbonyl (C=O) groups is 2. The molecule has 1 atom stereocenters. The molecule has 0 saturated carbocycles. The summed E-state index contributed by atoms with van der Waals surface area (Å²) in [4.78, 5) is 23.4. The second kappa shape index (κ2) is 17.3. The molecule has 1 amide bonds. The molecule has 0 fully saturated rings. The molecule has 0 aromatic rings. The van der Waals surface area contributed by atoms with Crippen LogP contribution in [0.1, 0.15) is 104 Å². The zero-order valence-corrected chi connectivity index (χ0v) is 21.3. The number of hydrogen-bond donors (Lipinski definition) is 3. The number of unbranched alkanes of at least 4 members (excludes halogenated alkanes) is 9. The van der Waals surface area contributed by atoms with Crippen LogP contribution in [-0.2, 0) is 23.8 Å². The van der Waals surface area contributed by atoms with Crippen LogP contribution in [0.3, 0.4) is 0 Å². The number of aliphatic carboxylic acids is 1. The second-order valence-corrected chi connectivity index (χ2v) is 9.53. The molecular weight excluding hydrogens is 412 g/mol. The van der Waals surface area contributed by atoms with Crippen molar-refractivity contribution in [3.8, 4) is 0 Å². The number of carboxylic acid groups (broad SMARTS) is 1. The van der Waals surface area contributed by atoms with E-state index < -0.39 is 17.9 Å². The standard InChI is InChI=1S/C24H48N2O6/c1-23(2,3)26-25-22(29)20(19-21(27)28)17-15-13-11-9-7-8-10-12-14-16-18-24(30-4,31-5)32-6/h20,26H,7-19H2,1-6H3,(H,25,29)(H,27,28). The molecule has 8 heteroatoms. The summed E-state index contributed by atoms with van der Waals surface area (Å²) in [5.41, 5.74) is 5.33. The van der Waals surface area contributed by atoms with E-state index in [1.165, 1.54) is 32.1 Å². The van der Waals surface area contributed by atoms with E-state index >= 15 is 0 Å². The fraction of sp³-hybridized carbons (Fsp3) is 0.917. The molecular formula is C24H48N2O6. The number of amides is 1. The van der Waals surface area contributed by atoms with Gasteiger partial charge in [0.15, 0.2) is 0 Å². The predicted octanol–water partition coefficient (Wildman–Crippen LogP) is 4.77. The number of rotatable bonds is 20. The molecule has 0 aromatic heterocycles. The van der Waals surface area contributed by atoms with Crippen LogP contribution < -0.4 is 10.9 Å². The lowest BCUT2D eigenvalue weighted by Gasteiger charge is -2.28. The second-order valence-electron chi connectivity index (χ2n) is 9.53. The van der Waals surface area contributed by atoms with Crippen LogP contribution >= 0.6 is 0 Å². The SMILES string of the molecule is COC(CCCCCCCCCCCCC(CC(=O)O)C(=O)NNC(C)(C)C)(OC)OC. The Hall–Kier alpha value is -1.22. The molecule has 0 heterocycles. The molecule has 0 bridgehead atoms. The molecule has 8 nitrogen and oxygen atoms in total. The number of methoxy groups -OCH3 is 3. The Morgan fingerprint density at radius 2 is 1.22 bits per heavy atom. The molecule has 0 aliphatic rings. The fourth-order valence-corrected chi connectivity index (χ4v) is 3.59. The number of hydrogen-bond acceptors (Lipinski definition) is 6. The van der Waals surface area contributed by atoms with E-state index in [4.69, 9.17) is 19.3 Å². The number of carboxylic acids is 1. The lowest BCUT2D eigenvalue weighted by atomic mass is 9.96. The zero-order valence-electron chi connectivity index (χ0n) is 21.3. The molecule has 0 aliphatic heterocycles. The lowest BCUT2D eigenvalue weighted by molar-refractivity contribution is -0.355. The summed E-state index contributed by atoms with van der Waals surface area (Å²) in [5.74, 6) is -2.57. The van der Waals surface area contributed by atoms with Crippen molar-refractivity contribution in [1.82, 2.24) is 10.9 Å². The monoisotopic (exact) mass is 460 g/mol. The highest BCUT2D eigenvalue weighted by Gasteiger charge is 2.28. The molecule has 3 N–H and O–H groups in total. The number of nitrogens with one attached hydrogen (secondary N) is 2. The highest BCUT2D eigenvalue weighted by Crippen LogP contribution is 2.22. The Kier molecular flexibility index (Phi) is 16.6. The van der Waals surface area contributed by atoms with Crippen LogP contribution in [0.4, 0.5) is 0 Å². The summed E-state index contributed by atoms with van der Waals surface area (Å²) in [7, 11) is 4.79. The van der Waals surface area contributed by atoms with Gasteiger partial charge in [-0.05, 0) is 33.6 Å². The van der Waals surface area contributed by atoms with Gasteiger partial charge in [-0.25, -0.2) is 5.43 Å². The third-order valence-electron chi connectivity index (χ3n) is 5.57. The summed E-state index contributed by atoms with van der Waals surface area (Å²) in [6.07, 6.45) is 12.4. The van der Waals surface area contributed by atoms with Gasteiger partial charge >= 0.3 is 5.97 Å². The maximum absolute atomic E-state index is 12.3. The normalized spacial score (nSPS) is 13.2. The first kappa shape index (κ1) is 30.8. The van der Waals surface area contributed by atoms with E-state index in [1.807, 2.05) is 20.8 Å². The number of carbonyl (C=O) groups excluding carboxylic acids is 1. The quantitative estimate of drug-likeness (QED) is 0.136. The van der Waals surface area contributed by atoms with Crippen molar-refractivity contribution in [3.05, 3.63) is 0 Å². The van der Waals surface area contributed by atoms with Gasteiger partial charge in [0.05, 0.1) is 6.42 Å². The van der Waals surface area contributed by atoms with Gasteiger partial charge in [0.1, 0.15) is 0 Å².